The quantitative estimate of drug-likeness (QED) is 0.825. The van der Waals surface area contributed by atoms with Gasteiger partial charge in [0.15, 0.2) is 0 Å². The third-order valence-electron chi connectivity index (χ3n) is 5.24. The van der Waals surface area contributed by atoms with Crippen molar-refractivity contribution in [3.63, 3.8) is 0 Å². The monoisotopic (exact) mass is 355 g/mol. The molecule has 1 fully saturated rings. The summed E-state index contributed by atoms with van der Waals surface area (Å²) in [5.74, 6) is 0.168. The molecule has 0 radical (unpaired) electrons. The molecule has 0 unspecified atom stereocenters. The van der Waals surface area contributed by atoms with E-state index in [1.807, 2.05) is 28.8 Å². The van der Waals surface area contributed by atoms with Gasteiger partial charge in [0.25, 0.3) is 0 Å². The first-order chi connectivity index (χ1) is 12.6. The van der Waals surface area contributed by atoms with E-state index in [2.05, 4.69) is 34.9 Å². The second-order valence-electron chi connectivity index (χ2n) is 7.03. The van der Waals surface area contributed by atoms with Gasteiger partial charge in [-0.25, -0.2) is 0 Å². The van der Waals surface area contributed by atoms with Gasteiger partial charge in [0.05, 0.1) is 5.69 Å². The van der Waals surface area contributed by atoms with Crippen molar-refractivity contribution in [1.29, 1.82) is 0 Å². The van der Waals surface area contributed by atoms with E-state index in [1.165, 1.54) is 11.1 Å². The van der Waals surface area contributed by atoms with Gasteiger partial charge in [-0.1, -0.05) is 13.0 Å². The molecule has 2 aromatic rings. The first-order valence-electron chi connectivity index (χ1n) is 9.50. The normalized spacial score (nSPS) is 15.9. The van der Waals surface area contributed by atoms with Gasteiger partial charge >= 0.3 is 0 Å². The number of aryl methyl sites for hydroxylation is 1. The summed E-state index contributed by atoms with van der Waals surface area (Å²) in [4.78, 5) is 21.4. The molecule has 0 bridgehead atoms. The highest BCUT2D eigenvalue weighted by atomic mass is 16.2. The SMILES string of the molecule is CCc1c(C)nn(CC(=O)N2CCCN(Cc3cccnc3)CC2)c1C. The van der Waals surface area contributed by atoms with E-state index in [4.69, 9.17) is 0 Å². The molecule has 1 aliphatic rings. The van der Waals surface area contributed by atoms with E-state index in [0.717, 1.165) is 57.0 Å². The van der Waals surface area contributed by atoms with Gasteiger partial charge in [-0.05, 0) is 43.9 Å². The highest BCUT2D eigenvalue weighted by Gasteiger charge is 2.21. The minimum absolute atomic E-state index is 0.168. The molecule has 1 saturated heterocycles. The van der Waals surface area contributed by atoms with Crippen molar-refractivity contribution < 1.29 is 4.79 Å². The second-order valence-corrected chi connectivity index (χ2v) is 7.03. The van der Waals surface area contributed by atoms with Crippen LogP contribution in [0.25, 0.3) is 0 Å². The molecule has 0 saturated carbocycles. The number of carbonyl (C=O) groups excluding carboxylic acids is 1. The summed E-state index contributed by atoms with van der Waals surface area (Å²) < 4.78 is 1.87. The molecule has 0 aromatic carbocycles. The van der Waals surface area contributed by atoms with E-state index >= 15 is 0 Å². The lowest BCUT2D eigenvalue weighted by Gasteiger charge is -2.22. The van der Waals surface area contributed by atoms with Gasteiger partial charge in [-0.2, -0.15) is 5.10 Å². The van der Waals surface area contributed by atoms with Gasteiger partial charge in [0.1, 0.15) is 6.54 Å². The molecule has 3 rings (SSSR count). The smallest absolute Gasteiger partial charge is 0.244 e. The first kappa shape index (κ1) is 18.6. The number of rotatable bonds is 5. The van der Waals surface area contributed by atoms with Crippen LogP contribution in [-0.2, 0) is 24.3 Å². The van der Waals surface area contributed by atoms with Gasteiger partial charge in [0.2, 0.25) is 5.91 Å². The molecular weight excluding hydrogens is 326 g/mol. The average molecular weight is 355 g/mol. The van der Waals surface area contributed by atoms with Crippen LogP contribution in [0, 0.1) is 13.8 Å². The van der Waals surface area contributed by atoms with Crippen molar-refractivity contribution in [2.24, 2.45) is 0 Å². The summed E-state index contributed by atoms with van der Waals surface area (Å²) in [6.45, 7) is 11.0. The molecule has 26 heavy (non-hydrogen) atoms. The van der Waals surface area contributed by atoms with Crippen molar-refractivity contribution >= 4 is 5.91 Å². The molecule has 1 aliphatic heterocycles. The van der Waals surface area contributed by atoms with Gasteiger partial charge in [0, 0.05) is 50.8 Å². The molecule has 6 heteroatoms. The molecule has 0 spiro atoms. The summed E-state index contributed by atoms with van der Waals surface area (Å²) in [5.41, 5.74) is 4.64. The maximum atomic E-state index is 12.8. The Labute approximate surface area is 155 Å². The maximum absolute atomic E-state index is 12.8. The predicted octanol–water partition coefficient (Wildman–Crippen LogP) is 2.19. The molecule has 140 valence electrons. The Bertz CT molecular complexity index is 740. The molecular formula is C20H29N5O. The highest BCUT2D eigenvalue weighted by Crippen LogP contribution is 2.14. The first-order valence-corrected chi connectivity index (χ1v) is 9.50. The molecule has 3 heterocycles. The zero-order valence-electron chi connectivity index (χ0n) is 16.1. The standard InChI is InChI=1S/C20H29N5O/c1-4-19-16(2)22-25(17(19)3)15-20(26)24-10-6-9-23(11-12-24)14-18-7-5-8-21-13-18/h5,7-8,13H,4,6,9-12,14-15H2,1-3H3. The fourth-order valence-corrected chi connectivity index (χ4v) is 3.76. The van der Waals surface area contributed by atoms with Crippen LogP contribution in [-0.4, -0.2) is 56.7 Å². The van der Waals surface area contributed by atoms with Crippen LogP contribution < -0.4 is 0 Å². The summed E-state index contributed by atoms with van der Waals surface area (Å²) in [6.07, 6.45) is 5.68. The summed E-state index contributed by atoms with van der Waals surface area (Å²) in [5, 5.41) is 4.56. The predicted molar refractivity (Wildman–Crippen MR) is 102 cm³/mol. The van der Waals surface area contributed by atoms with E-state index in [-0.39, 0.29) is 5.91 Å². The Hall–Kier alpha value is -2.21. The van der Waals surface area contributed by atoms with Crippen molar-refractivity contribution in [3.05, 3.63) is 47.0 Å². The van der Waals surface area contributed by atoms with E-state index in [0.29, 0.717) is 6.54 Å². The van der Waals surface area contributed by atoms with Crippen molar-refractivity contribution in [1.82, 2.24) is 24.6 Å². The van der Waals surface area contributed by atoms with Crippen molar-refractivity contribution in [2.45, 2.75) is 46.7 Å². The van der Waals surface area contributed by atoms with Crippen LogP contribution in [0.4, 0.5) is 0 Å². The van der Waals surface area contributed by atoms with E-state index < -0.39 is 0 Å². The summed E-state index contributed by atoms with van der Waals surface area (Å²) >= 11 is 0. The Morgan fingerprint density at radius 1 is 1.19 bits per heavy atom. The number of aromatic nitrogens is 3. The van der Waals surface area contributed by atoms with Crippen molar-refractivity contribution in [3.8, 4) is 0 Å². The van der Waals surface area contributed by atoms with E-state index in [9.17, 15) is 4.79 Å². The van der Waals surface area contributed by atoms with Crippen LogP contribution in [0.15, 0.2) is 24.5 Å². The number of amides is 1. The number of hydrogen-bond donors (Lipinski definition) is 0. The summed E-state index contributed by atoms with van der Waals surface area (Å²) in [6, 6.07) is 4.08. The second kappa shape index (κ2) is 8.45. The largest absolute Gasteiger partial charge is 0.340 e. The molecule has 0 N–H and O–H groups in total. The van der Waals surface area contributed by atoms with Crippen LogP contribution in [0.2, 0.25) is 0 Å². The molecule has 0 aliphatic carbocycles. The molecule has 2 aromatic heterocycles. The number of pyridine rings is 1. The molecule has 0 atom stereocenters. The van der Waals surface area contributed by atoms with Gasteiger partial charge in [-0.3, -0.25) is 19.4 Å². The third kappa shape index (κ3) is 4.30. The summed E-state index contributed by atoms with van der Waals surface area (Å²) in [7, 11) is 0. The van der Waals surface area contributed by atoms with Crippen LogP contribution in [0.5, 0.6) is 0 Å². The van der Waals surface area contributed by atoms with E-state index in [1.54, 1.807) is 6.20 Å². The van der Waals surface area contributed by atoms with Crippen LogP contribution in [0.1, 0.15) is 35.9 Å². The molecule has 1 amide bonds. The van der Waals surface area contributed by atoms with Crippen LogP contribution in [0.3, 0.4) is 0 Å². The Morgan fingerprint density at radius 3 is 2.73 bits per heavy atom. The van der Waals surface area contributed by atoms with Crippen molar-refractivity contribution in [2.75, 3.05) is 26.2 Å². The Balaban J connectivity index is 1.57. The minimum Gasteiger partial charge on any atom is -0.340 e. The fraction of sp³-hybridized carbons (Fsp3) is 0.550. The lowest BCUT2D eigenvalue weighted by Crippen LogP contribution is -2.37. The Kier molecular flexibility index (Phi) is 6.04. The topological polar surface area (TPSA) is 54.3 Å². The molecule has 6 nitrogen and oxygen atoms in total. The number of carbonyl (C=O) groups is 1. The fourth-order valence-electron chi connectivity index (χ4n) is 3.76. The highest BCUT2D eigenvalue weighted by molar-refractivity contribution is 5.76. The lowest BCUT2D eigenvalue weighted by atomic mass is 10.1. The minimum atomic E-state index is 0.168. The van der Waals surface area contributed by atoms with Gasteiger partial charge in [-0.15, -0.1) is 0 Å². The maximum Gasteiger partial charge on any atom is 0.244 e. The lowest BCUT2D eigenvalue weighted by molar-refractivity contribution is -0.131. The van der Waals surface area contributed by atoms with Gasteiger partial charge < -0.3 is 4.90 Å². The Morgan fingerprint density at radius 2 is 2.04 bits per heavy atom. The average Bonchev–Trinajstić information content (AvgIpc) is 2.80. The zero-order valence-corrected chi connectivity index (χ0v) is 16.1. The zero-order chi connectivity index (χ0) is 18.5. The third-order valence-corrected chi connectivity index (χ3v) is 5.24. The van der Waals surface area contributed by atoms with Crippen LogP contribution >= 0.6 is 0 Å². The number of hydrogen-bond acceptors (Lipinski definition) is 4. The number of nitrogens with zero attached hydrogens (tertiary/aromatic N) is 5.